The molecule has 2 aliphatic heterocycles. The summed E-state index contributed by atoms with van der Waals surface area (Å²) < 4.78 is 32.6. The highest BCUT2D eigenvalue weighted by Crippen LogP contribution is 2.23. The van der Waals surface area contributed by atoms with Crippen molar-refractivity contribution >= 4 is 15.9 Å². The lowest BCUT2D eigenvalue weighted by molar-refractivity contribution is -0.883. The zero-order valence-corrected chi connectivity index (χ0v) is 15.6. The molecular weight excluding hydrogens is 342 g/mol. The minimum atomic E-state index is -3.61. The summed E-state index contributed by atoms with van der Waals surface area (Å²) in [5.41, 5.74) is 1.10. The summed E-state index contributed by atoms with van der Waals surface area (Å²) in [6.45, 7) is 6.49. The van der Waals surface area contributed by atoms with Crippen molar-refractivity contribution in [2.24, 2.45) is 0 Å². The van der Waals surface area contributed by atoms with Crippen LogP contribution < -0.4 is 4.90 Å². The van der Waals surface area contributed by atoms with E-state index in [-0.39, 0.29) is 10.8 Å². The van der Waals surface area contributed by atoms with Crippen molar-refractivity contribution < 1.29 is 22.8 Å². The molecule has 1 aromatic carbocycles. The maximum Gasteiger partial charge on any atom is 0.254 e. The molecule has 0 atom stereocenters. The van der Waals surface area contributed by atoms with Crippen LogP contribution in [-0.2, 0) is 14.8 Å². The molecule has 2 saturated heterocycles. The molecular formula is C17H26N3O4S+. The summed E-state index contributed by atoms with van der Waals surface area (Å²) >= 11 is 0. The lowest BCUT2D eigenvalue weighted by atomic mass is 10.1. The number of amides is 1. The maximum absolute atomic E-state index is 12.9. The molecule has 0 bridgehead atoms. The molecule has 0 saturated carbocycles. The SMILES string of the molecule is Cc1ccc(C(=O)N2CC[NH+](C)CC2)cc1S(=O)(=O)N1CCOCC1. The Morgan fingerprint density at radius 3 is 2.40 bits per heavy atom. The standard InChI is InChI=1S/C17H25N3O4S/c1-14-3-4-15(17(21)19-7-5-18(2)6-8-19)13-16(14)25(22,23)20-9-11-24-12-10-20/h3-4,13H,5-12H2,1-2H3/p+1. The van der Waals surface area contributed by atoms with Gasteiger partial charge in [-0.05, 0) is 24.6 Å². The third kappa shape index (κ3) is 3.87. The highest BCUT2D eigenvalue weighted by molar-refractivity contribution is 7.89. The highest BCUT2D eigenvalue weighted by atomic mass is 32.2. The number of quaternary nitrogens is 1. The van der Waals surface area contributed by atoms with E-state index in [4.69, 9.17) is 4.74 Å². The van der Waals surface area contributed by atoms with Gasteiger partial charge in [0.25, 0.3) is 5.91 Å². The number of sulfonamides is 1. The van der Waals surface area contributed by atoms with Gasteiger partial charge in [0.2, 0.25) is 10.0 Å². The van der Waals surface area contributed by atoms with Crippen molar-refractivity contribution in [3.63, 3.8) is 0 Å². The Labute approximate surface area is 149 Å². The summed E-state index contributed by atoms with van der Waals surface area (Å²) in [4.78, 5) is 16.2. The lowest BCUT2D eigenvalue weighted by Gasteiger charge is -2.30. The normalized spacial score (nSPS) is 20.6. The minimum absolute atomic E-state index is 0.0917. The lowest BCUT2D eigenvalue weighted by Crippen LogP contribution is -3.12. The quantitative estimate of drug-likeness (QED) is 0.742. The van der Waals surface area contributed by atoms with E-state index >= 15 is 0 Å². The molecule has 138 valence electrons. The number of rotatable bonds is 3. The summed E-state index contributed by atoms with van der Waals surface area (Å²) in [5, 5.41) is 0. The fourth-order valence-corrected chi connectivity index (χ4v) is 4.87. The van der Waals surface area contributed by atoms with Gasteiger partial charge in [0.15, 0.2) is 0 Å². The number of likely N-dealkylation sites (N-methyl/N-ethyl adjacent to an activating group) is 1. The summed E-state index contributed by atoms with van der Waals surface area (Å²) in [7, 11) is -1.50. The van der Waals surface area contributed by atoms with Gasteiger partial charge in [-0.25, -0.2) is 8.42 Å². The Hall–Kier alpha value is -1.48. The second-order valence-electron chi connectivity index (χ2n) is 6.75. The predicted octanol–water partition coefficient (Wildman–Crippen LogP) is -1.01. The number of morpholine rings is 1. The molecule has 1 aromatic rings. The van der Waals surface area contributed by atoms with E-state index in [0.29, 0.717) is 50.5 Å². The Bertz CT molecular complexity index is 736. The van der Waals surface area contributed by atoms with Crippen LogP contribution in [-0.4, -0.2) is 83.1 Å². The Balaban J connectivity index is 1.86. The van der Waals surface area contributed by atoms with Crippen LogP contribution in [0.3, 0.4) is 0 Å². The van der Waals surface area contributed by atoms with Gasteiger partial charge < -0.3 is 14.5 Å². The fourth-order valence-electron chi connectivity index (χ4n) is 3.21. The topological polar surface area (TPSA) is 71.4 Å². The third-order valence-corrected chi connectivity index (χ3v) is 6.97. The Morgan fingerprint density at radius 2 is 1.76 bits per heavy atom. The van der Waals surface area contributed by atoms with E-state index in [1.165, 1.54) is 15.3 Å². The first-order chi connectivity index (χ1) is 11.9. The Morgan fingerprint density at radius 1 is 1.12 bits per heavy atom. The summed E-state index contributed by atoms with van der Waals surface area (Å²) in [6, 6.07) is 4.98. The molecule has 2 heterocycles. The average Bonchev–Trinajstić information content (AvgIpc) is 2.63. The van der Waals surface area contributed by atoms with Gasteiger partial charge >= 0.3 is 0 Å². The van der Waals surface area contributed by atoms with Crippen LogP contribution in [0.5, 0.6) is 0 Å². The van der Waals surface area contributed by atoms with E-state index < -0.39 is 10.0 Å². The zero-order chi connectivity index (χ0) is 18.0. The molecule has 0 unspecified atom stereocenters. The van der Waals surface area contributed by atoms with E-state index in [2.05, 4.69) is 7.05 Å². The second kappa shape index (κ2) is 7.41. The molecule has 2 aliphatic rings. The van der Waals surface area contributed by atoms with Crippen molar-refractivity contribution in [1.82, 2.24) is 9.21 Å². The molecule has 1 amide bonds. The number of hydrogen-bond donors (Lipinski definition) is 1. The molecule has 0 radical (unpaired) electrons. The average molecular weight is 368 g/mol. The van der Waals surface area contributed by atoms with Crippen molar-refractivity contribution in [3.8, 4) is 0 Å². The van der Waals surface area contributed by atoms with Crippen LogP contribution in [0, 0.1) is 6.92 Å². The van der Waals surface area contributed by atoms with Crippen molar-refractivity contribution in [1.29, 1.82) is 0 Å². The van der Waals surface area contributed by atoms with Crippen LogP contribution in [0.2, 0.25) is 0 Å². The zero-order valence-electron chi connectivity index (χ0n) is 14.8. The number of ether oxygens (including phenoxy) is 1. The Kier molecular flexibility index (Phi) is 5.43. The van der Waals surface area contributed by atoms with E-state index in [0.717, 1.165) is 13.1 Å². The number of nitrogens with one attached hydrogen (secondary N) is 1. The predicted molar refractivity (Wildman–Crippen MR) is 93.3 cm³/mol. The van der Waals surface area contributed by atoms with Crippen LogP contribution in [0.15, 0.2) is 23.1 Å². The van der Waals surface area contributed by atoms with Gasteiger partial charge in [0.05, 0.1) is 51.3 Å². The van der Waals surface area contributed by atoms with Gasteiger partial charge in [-0.2, -0.15) is 4.31 Å². The van der Waals surface area contributed by atoms with Crippen LogP contribution >= 0.6 is 0 Å². The summed E-state index contributed by atoms with van der Waals surface area (Å²) in [6.07, 6.45) is 0. The third-order valence-electron chi connectivity index (χ3n) is 4.93. The first-order valence-corrected chi connectivity index (χ1v) is 10.1. The highest BCUT2D eigenvalue weighted by Gasteiger charge is 2.29. The number of carbonyl (C=O) groups excluding carboxylic acids is 1. The van der Waals surface area contributed by atoms with Crippen molar-refractivity contribution in [2.75, 3.05) is 59.5 Å². The molecule has 2 fully saturated rings. The number of carbonyl (C=O) groups is 1. The minimum Gasteiger partial charge on any atom is -0.379 e. The maximum atomic E-state index is 12.9. The first-order valence-electron chi connectivity index (χ1n) is 8.69. The van der Waals surface area contributed by atoms with Gasteiger partial charge in [-0.3, -0.25) is 4.79 Å². The number of piperazine rings is 1. The molecule has 0 spiro atoms. The van der Waals surface area contributed by atoms with Gasteiger partial charge in [0.1, 0.15) is 0 Å². The molecule has 0 aliphatic carbocycles. The van der Waals surface area contributed by atoms with E-state index in [1.54, 1.807) is 19.1 Å². The fraction of sp³-hybridized carbons (Fsp3) is 0.588. The number of benzene rings is 1. The van der Waals surface area contributed by atoms with Crippen LogP contribution in [0.4, 0.5) is 0 Å². The molecule has 7 nitrogen and oxygen atoms in total. The first kappa shape index (κ1) is 18.3. The van der Waals surface area contributed by atoms with Crippen LogP contribution in [0.1, 0.15) is 15.9 Å². The number of aryl methyl sites for hydroxylation is 1. The van der Waals surface area contributed by atoms with Gasteiger partial charge in [-0.15, -0.1) is 0 Å². The van der Waals surface area contributed by atoms with Crippen molar-refractivity contribution in [3.05, 3.63) is 29.3 Å². The molecule has 8 heteroatoms. The molecule has 0 aromatic heterocycles. The van der Waals surface area contributed by atoms with Gasteiger partial charge in [-0.1, -0.05) is 6.07 Å². The van der Waals surface area contributed by atoms with Crippen LogP contribution in [0.25, 0.3) is 0 Å². The van der Waals surface area contributed by atoms with Gasteiger partial charge in [0, 0.05) is 18.7 Å². The molecule has 1 N–H and O–H groups in total. The largest absolute Gasteiger partial charge is 0.379 e. The monoisotopic (exact) mass is 368 g/mol. The summed E-state index contributed by atoms with van der Waals surface area (Å²) in [5.74, 6) is -0.0917. The van der Waals surface area contributed by atoms with E-state index in [1.807, 2.05) is 4.90 Å². The molecule has 3 rings (SSSR count). The van der Waals surface area contributed by atoms with Crippen molar-refractivity contribution in [2.45, 2.75) is 11.8 Å². The molecule has 25 heavy (non-hydrogen) atoms. The number of hydrogen-bond acceptors (Lipinski definition) is 4. The smallest absolute Gasteiger partial charge is 0.254 e. The van der Waals surface area contributed by atoms with E-state index in [9.17, 15) is 13.2 Å². The number of nitrogens with zero attached hydrogens (tertiary/aromatic N) is 2. The second-order valence-corrected chi connectivity index (χ2v) is 8.65.